The topological polar surface area (TPSA) is 74.2 Å². The lowest BCUT2D eigenvalue weighted by Crippen LogP contribution is -2.45. The summed E-state index contributed by atoms with van der Waals surface area (Å²) in [6, 6.07) is 1.80. The van der Waals surface area contributed by atoms with Crippen LogP contribution in [0.1, 0.15) is 31.4 Å². The van der Waals surface area contributed by atoms with Gasteiger partial charge in [-0.15, -0.1) is 0 Å². The number of hydrogen-bond acceptors (Lipinski definition) is 3. The molecule has 5 heteroatoms. The molecule has 2 amide bonds. The molecular formula is C15H25N3O2. The van der Waals surface area contributed by atoms with Gasteiger partial charge in [0.2, 0.25) is 0 Å². The molecule has 0 spiro atoms. The zero-order valence-electron chi connectivity index (χ0n) is 12.5. The van der Waals surface area contributed by atoms with Crippen molar-refractivity contribution in [3.8, 4) is 0 Å². The molecule has 112 valence electrons. The monoisotopic (exact) mass is 279 g/mol. The van der Waals surface area contributed by atoms with Crippen LogP contribution in [0.25, 0.3) is 0 Å². The number of pyridine rings is 1. The number of nitrogens with one attached hydrogen (secondary N) is 2. The van der Waals surface area contributed by atoms with Crippen molar-refractivity contribution in [3.05, 3.63) is 29.6 Å². The first-order valence-electron chi connectivity index (χ1n) is 7.09. The van der Waals surface area contributed by atoms with Crippen molar-refractivity contribution in [1.82, 2.24) is 15.6 Å². The molecule has 0 saturated carbocycles. The second-order valence-corrected chi connectivity index (χ2v) is 5.32. The van der Waals surface area contributed by atoms with Crippen LogP contribution in [0.5, 0.6) is 0 Å². The summed E-state index contributed by atoms with van der Waals surface area (Å²) in [4.78, 5) is 15.8. The van der Waals surface area contributed by atoms with Crippen LogP contribution in [-0.4, -0.2) is 35.3 Å². The molecule has 1 aromatic heterocycles. The molecule has 1 heterocycles. The molecule has 0 aromatic carbocycles. The average Bonchev–Trinajstić information content (AvgIpc) is 2.40. The van der Waals surface area contributed by atoms with Crippen LogP contribution in [-0.2, 0) is 6.42 Å². The van der Waals surface area contributed by atoms with E-state index in [-0.39, 0.29) is 18.7 Å². The maximum atomic E-state index is 11.8. The number of urea groups is 1. The maximum Gasteiger partial charge on any atom is 0.315 e. The number of aliphatic hydroxyl groups excluding tert-OH is 1. The molecule has 20 heavy (non-hydrogen) atoms. The number of aromatic nitrogens is 1. The smallest absolute Gasteiger partial charge is 0.315 e. The Morgan fingerprint density at radius 1 is 1.45 bits per heavy atom. The molecule has 3 N–H and O–H groups in total. The summed E-state index contributed by atoms with van der Waals surface area (Å²) in [5.41, 5.74) is 2.33. The Morgan fingerprint density at radius 3 is 2.80 bits per heavy atom. The number of rotatable bonds is 7. The first kappa shape index (κ1) is 16.4. The number of aryl methyl sites for hydroxylation is 1. The predicted octanol–water partition coefficient (Wildman–Crippen LogP) is 1.64. The lowest BCUT2D eigenvalue weighted by Gasteiger charge is -2.21. The van der Waals surface area contributed by atoms with Crippen molar-refractivity contribution in [2.75, 3.05) is 13.2 Å². The van der Waals surface area contributed by atoms with Crippen LogP contribution >= 0.6 is 0 Å². The Bertz CT molecular complexity index is 421. The molecule has 1 unspecified atom stereocenters. The highest BCUT2D eigenvalue weighted by Crippen LogP contribution is 2.06. The summed E-state index contributed by atoms with van der Waals surface area (Å²) in [5, 5.41) is 14.7. The first-order valence-corrected chi connectivity index (χ1v) is 7.09. The Balaban J connectivity index is 2.34. The maximum absolute atomic E-state index is 11.8. The van der Waals surface area contributed by atoms with Gasteiger partial charge >= 0.3 is 6.03 Å². The third-order valence-electron chi connectivity index (χ3n) is 3.38. The van der Waals surface area contributed by atoms with E-state index in [1.165, 1.54) is 5.56 Å². The van der Waals surface area contributed by atoms with Gasteiger partial charge in [0.1, 0.15) is 0 Å². The fraction of sp³-hybridized carbons (Fsp3) is 0.600. The van der Waals surface area contributed by atoms with E-state index in [0.717, 1.165) is 12.0 Å². The SMILES string of the molecule is Cc1cnccc1CCNC(=O)NC(CCO)C(C)C. The van der Waals surface area contributed by atoms with Crippen LogP contribution in [0.15, 0.2) is 18.5 Å². The van der Waals surface area contributed by atoms with Crippen molar-refractivity contribution in [3.63, 3.8) is 0 Å². The van der Waals surface area contributed by atoms with Crippen molar-refractivity contribution < 1.29 is 9.90 Å². The lowest BCUT2D eigenvalue weighted by molar-refractivity contribution is 0.219. The van der Waals surface area contributed by atoms with Gasteiger partial charge in [-0.1, -0.05) is 13.8 Å². The average molecular weight is 279 g/mol. The summed E-state index contributed by atoms with van der Waals surface area (Å²) in [7, 11) is 0. The van der Waals surface area contributed by atoms with Crippen molar-refractivity contribution in [2.45, 2.75) is 39.7 Å². The predicted molar refractivity (Wildman–Crippen MR) is 79.5 cm³/mol. The summed E-state index contributed by atoms with van der Waals surface area (Å²) < 4.78 is 0. The fourth-order valence-electron chi connectivity index (χ4n) is 2.02. The van der Waals surface area contributed by atoms with E-state index in [2.05, 4.69) is 15.6 Å². The molecule has 1 rings (SSSR count). The molecule has 0 bridgehead atoms. The van der Waals surface area contributed by atoms with Gasteiger partial charge in [-0.3, -0.25) is 4.98 Å². The number of amides is 2. The van der Waals surface area contributed by atoms with Gasteiger partial charge in [0.15, 0.2) is 0 Å². The standard InChI is InChI=1S/C15H25N3O2/c1-11(2)14(6-9-19)18-15(20)17-8-5-13-4-7-16-10-12(13)3/h4,7,10-11,14,19H,5-6,8-9H2,1-3H3,(H2,17,18,20). The Hall–Kier alpha value is -1.62. The summed E-state index contributed by atoms with van der Waals surface area (Å²) >= 11 is 0. The van der Waals surface area contributed by atoms with Crippen LogP contribution < -0.4 is 10.6 Å². The van der Waals surface area contributed by atoms with E-state index in [4.69, 9.17) is 5.11 Å². The third kappa shape index (κ3) is 5.57. The van der Waals surface area contributed by atoms with Crippen molar-refractivity contribution in [1.29, 1.82) is 0 Å². The highest BCUT2D eigenvalue weighted by molar-refractivity contribution is 5.74. The summed E-state index contributed by atoms with van der Waals surface area (Å²) in [6.07, 6.45) is 4.95. The molecule has 0 aliphatic carbocycles. The zero-order chi connectivity index (χ0) is 15.0. The number of carbonyl (C=O) groups is 1. The van der Waals surface area contributed by atoms with Crippen molar-refractivity contribution in [2.24, 2.45) is 5.92 Å². The van der Waals surface area contributed by atoms with E-state index in [9.17, 15) is 4.79 Å². The van der Waals surface area contributed by atoms with E-state index in [0.29, 0.717) is 18.9 Å². The molecule has 1 aromatic rings. The van der Waals surface area contributed by atoms with Crippen molar-refractivity contribution >= 4 is 6.03 Å². The first-order chi connectivity index (χ1) is 9.54. The van der Waals surface area contributed by atoms with Crippen LogP contribution in [0.3, 0.4) is 0 Å². The van der Waals surface area contributed by atoms with E-state index in [1.54, 1.807) is 6.20 Å². The highest BCUT2D eigenvalue weighted by Gasteiger charge is 2.15. The molecule has 0 saturated heterocycles. The molecule has 1 atom stereocenters. The quantitative estimate of drug-likeness (QED) is 0.710. The van der Waals surface area contributed by atoms with Crippen LogP contribution in [0.2, 0.25) is 0 Å². The van der Waals surface area contributed by atoms with Gasteiger partial charge in [0.05, 0.1) is 0 Å². The van der Waals surface area contributed by atoms with Gasteiger partial charge in [-0.25, -0.2) is 4.79 Å². The van der Waals surface area contributed by atoms with E-state index < -0.39 is 0 Å². The normalized spacial score (nSPS) is 12.2. The summed E-state index contributed by atoms with van der Waals surface area (Å²) in [6.45, 7) is 6.74. The van der Waals surface area contributed by atoms with Gasteiger partial charge in [0, 0.05) is 31.6 Å². The van der Waals surface area contributed by atoms with Gasteiger partial charge in [0.25, 0.3) is 0 Å². The number of aliphatic hydroxyl groups is 1. The lowest BCUT2D eigenvalue weighted by atomic mass is 10.0. The summed E-state index contributed by atoms with van der Waals surface area (Å²) in [5.74, 6) is 0.301. The van der Waals surface area contributed by atoms with Gasteiger partial charge in [-0.05, 0) is 42.9 Å². The number of carbonyl (C=O) groups excluding carboxylic acids is 1. The Kier molecular flexibility index (Phi) is 7.01. The van der Waals surface area contributed by atoms with Crippen LogP contribution in [0.4, 0.5) is 4.79 Å². The highest BCUT2D eigenvalue weighted by atomic mass is 16.3. The molecule has 0 aliphatic rings. The second-order valence-electron chi connectivity index (χ2n) is 5.32. The minimum atomic E-state index is -0.177. The number of hydrogen-bond donors (Lipinski definition) is 3. The molecule has 0 radical (unpaired) electrons. The largest absolute Gasteiger partial charge is 0.396 e. The van der Waals surface area contributed by atoms with E-state index >= 15 is 0 Å². The van der Waals surface area contributed by atoms with Gasteiger partial charge < -0.3 is 15.7 Å². The van der Waals surface area contributed by atoms with E-state index in [1.807, 2.05) is 33.0 Å². The zero-order valence-corrected chi connectivity index (χ0v) is 12.5. The Labute approximate surface area is 120 Å². The Morgan fingerprint density at radius 2 is 2.20 bits per heavy atom. The molecule has 0 aliphatic heterocycles. The number of nitrogens with zero attached hydrogens (tertiary/aromatic N) is 1. The fourth-order valence-corrected chi connectivity index (χ4v) is 2.02. The minimum Gasteiger partial charge on any atom is -0.396 e. The second kappa shape index (κ2) is 8.53. The molecule has 0 fully saturated rings. The minimum absolute atomic E-state index is 0.00246. The van der Waals surface area contributed by atoms with Gasteiger partial charge in [-0.2, -0.15) is 0 Å². The third-order valence-corrected chi connectivity index (χ3v) is 3.38. The molecule has 5 nitrogen and oxygen atoms in total. The molecular weight excluding hydrogens is 254 g/mol. The van der Waals surface area contributed by atoms with Crippen LogP contribution in [0, 0.1) is 12.8 Å².